The Morgan fingerprint density at radius 1 is 1.06 bits per heavy atom. The van der Waals surface area contributed by atoms with E-state index in [0.717, 1.165) is 16.7 Å². The van der Waals surface area contributed by atoms with Crippen LogP contribution in [0.5, 0.6) is 0 Å². The Kier molecular flexibility index (Phi) is 7.74. The third-order valence-electron chi connectivity index (χ3n) is 5.55. The fourth-order valence-electron chi connectivity index (χ4n) is 3.68. The number of hydrogen-bond acceptors (Lipinski definition) is 5. The van der Waals surface area contributed by atoms with Gasteiger partial charge in [0.15, 0.2) is 0 Å². The van der Waals surface area contributed by atoms with Gasteiger partial charge in [-0.15, -0.1) is 0 Å². The Bertz CT molecular complexity index is 1380. The van der Waals surface area contributed by atoms with Crippen molar-refractivity contribution in [1.29, 1.82) is 0 Å². The molecule has 0 aliphatic rings. The fraction of sp³-hybridized carbons (Fsp3) is 0.231. The molecule has 3 heterocycles. The van der Waals surface area contributed by atoms with Crippen LogP contribution >= 0.6 is 11.6 Å². The van der Waals surface area contributed by atoms with Crippen LogP contribution in [0.3, 0.4) is 0 Å². The van der Waals surface area contributed by atoms with E-state index in [4.69, 9.17) is 16.3 Å². The second-order valence-electron chi connectivity index (χ2n) is 8.17. The molecule has 3 aromatic heterocycles. The molecule has 1 N–H and O–H groups in total. The lowest BCUT2D eigenvalue weighted by atomic mass is 10.1. The van der Waals surface area contributed by atoms with Crippen LogP contribution in [0.1, 0.15) is 38.4 Å². The number of halogens is 1. The van der Waals surface area contributed by atoms with E-state index in [1.807, 2.05) is 43.3 Å². The van der Waals surface area contributed by atoms with Crippen molar-refractivity contribution in [3.05, 3.63) is 116 Å². The van der Waals surface area contributed by atoms with Gasteiger partial charge in [0.2, 0.25) is 0 Å². The second-order valence-corrected chi connectivity index (χ2v) is 8.55. The molecule has 4 rings (SSSR count). The van der Waals surface area contributed by atoms with Crippen molar-refractivity contribution < 1.29 is 9.53 Å². The Hall–Kier alpha value is -3.75. The maximum atomic E-state index is 12.9. The van der Waals surface area contributed by atoms with Crippen LogP contribution in [0.2, 0.25) is 5.02 Å². The van der Waals surface area contributed by atoms with Crippen molar-refractivity contribution in [2.24, 2.45) is 0 Å². The lowest BCUT2D eigenvalue weighted by Crippen LogP contribution is -2.24. The van der Waals surface area contributed by atoms with E-state index in [1.165, 1.54) is 0 Å². The molecular formula is C26H26ClN5O3. The number of nitrogens with zero attached hydrogens (tertiary/aromatic N) is 4. The fourth-order valence-corrected chi connectivity index (χ4v) is 3.86. The molecule has 8 nitrogen and oxygen atoms in total. The minimum atomic E-state index is -0.272. The summed E-state index contributed by atoms with van der Waals surface area (Å²) in [5.74, 6) is -0.272. The zero-order chi connectivity index (χ0) is 24.8. The summed E-state index contributed by atoms with van der Waals surface area (Å²) < 4.78 is 8.62. The zero-order valence-electron chi connectivity index (χ0n) is 19.6. The summed E-state index contributed by atoms with van der Waals surface area (Å²) >= 11 is 6.30. The standard InChI is InChI=1S/C26H26ClN5O3/c1-18-10-11-28-22(25(18)27)13-29-26(34)21-16-32(30-23(21)17-35-2)15-20-8-6-19(7-9-20)14-31-12-4-3-5-24(31)33/h3-12,16H,13-15,17H2,1-2H3,(H,29,34). The third kappa shape index (κ3) is 6.03. The maximum Gasteiger partial charge on any atom is 0.255 e. The topological polar surface area (TPSA) is 91.0 Å². The molecule has 0 saturated heterocycles. The van der Waals surface area contributed by atoms with E-state index in [1.54, 1.807) is 47.1 Å². The number of carbonyl (C=O) groups is 1. The summed E-state index contributed by atoms with van der Waals surface area (Å²) in [4.78, 5) is 29.1. The number of ether oxygens (including phenoxy) is 1. The first kappa shape index (κ1) is 24.4. The molecule has 4 aromatic rings. The van der Waals surface area contributed by atoms with Crippen LogP contribution in [0.4, 0.5) is 0 Å². The van der Waals surface area contributed by atoms with E-state index in [2.05, 4.69) is 15.4 Å². The molecule has 180 valence electrons. The Morgan fingerprint density at radius 3 is 2.51 bits per heavy atom. The van der Waals surface area contributed by atoms with Crippen molar-refractivity contribution in [2.75, 3.05) is 7.11 Å². The summed E-state index contributed by atoms with van der Waals surface area (Å²) in [6.07, 6.45) is 5.15. The zero-order valence-corrected chi connectivity index (χ0v) is 20.3. The molecule has 0 aliphatic carbocycles. The highest BCUT2D eigenvalue weighted by molar-refractivity contribution is 6.31. The van der Waals surface area contributed by atoms with Crippen LogP contribution in [0.25, 0.3) is 0 Å². The Labute approximate surface area is 208 Å². The molecule has 1 amide bonds. The number of aromatic nitrogens is 4. The molecule has 0 bridgehead atoms. The molecule has 0 radical (unpaired) electrons. The lowest BCUT2D eigenvalue weighted by Gasteiger charge is -2.07. The summed E-state index contributed by atoms with van der Waals surface area (Å²) in [5, 5.41) is 7.96. The predicted molar refractivity (Wildman–Crippen MR) is 133 cm³/mol. The number of pyridine rings is 2. The highest BCUT2D eigenvalue weighted by atomic mass is 35.5. The van der Waals surface area contributed by atoms with Gasteiger partial charge in [-0.1, -0.05) is 41.9 Å². The SMILES string of the molecule is COCc1nn(Cc2ccc(Cn3ccccc3=O)cc2)cc1C(=O)NCc1nccc(C)c1Cl. The number of benzene rings is 1. The molecule has 1 aromatic carbocycles. The van der Waals surface area contributed by atoms with Crippen LogP contribution in [-0.4, -0.2) is 32.3 Å². The molecule has 9 heteroatoms. The van der Waals surface area contributed by atoms with E-state index in [-0.39, 0.29) is 24.6 Å². The Balaban J connectivity index is 1.45. The van der Waals surface area contributed by atoms with Crippen molar-refractivity contribution in [3.8, 4) is 0 Å². The molecule has 0 aliphatic heterocycles. The van der Waals surface area contributed by atoms with Crippen molar-refractivity contribution in [3.63, 3.8) is 0 Å². The van der Waals surface area contributed by atoms with Crippen LogP contribution in [0.15, 0.2) is 71.9 Å². The summed E-state index contributed by atoms with van der Waals surface area (Å²) in [7, 11) is 1.56. The van der Waals surface area contributed by atoms with Crippen LogP contribution in [0, 0.1) is 6.92 Å². The van der Waals surface area contributed by atoms with Crippen LogP contribution < -0.4 is 10.9 Å². The predicted octanol–water partition coefficient (Wildman–Crippen LogP) is 3.57. The van der Waals surface area contributed by atoms with E-state index in [0.29, 0.717) is 35.1 Å². The second kappa shape index (κ2) is 11.1. The summed E-state index contributed by atoms with van der Waals surface area (Å²) in [6, 6.07) is 14.9. The molecule has 0 spiro atoms. The van der Waals surface area contributed by atoms with Gasteiger partial charge in [0.05, 0.1) is 42.5 Å². The first-order chi connectivity index (χ1) is 16.9. The smallest absolute Gasteiger partial charge is 0.255 e. The van der Waals surface area contributed by atoms with Gasteiger partial charge in [-0.3, -0.25) is 19.3 Å². The van der Waals surface area contributed by atoms with Gasteiger partial charge in [-0.25, -0.2) is 0 Å². The average molecular weight is 492 g/mol. The number of aryl methyl sites for hydroxylation is 1. The van der Waals surface area contributed by atoms with Crippen LogP contribution in [-0.2, 0) is 31.0 Å². The van der Waals surface area contributed by atoms with Gasteiger partial charge in [-0.05, 0) is 35.7 Å². The van der Waals surface area contributed by atoms with E-state index in [9.17, 15) is 9.59 Å². The first-order valence-electron chi connectivity index (χ1n) is 11.1. The van der Waals surface area contributed by atoms with Crippen molar-refractivity contribution in [1.82, 2.24) is 24.6 Å². The largest absolute Gasteiger partial charge is 0.378 e. The Morgan fingerprint density at radius 2 is 1.80 bits per heavy atom. The first-order valence-corrected chi connectivity index (χ1v) is 11.5. The highest BCUT2D eigenvalue weighted by Crippen LogP contribution is 2.18. The lowest BCUT2D eigenvalue weighted by molar-refractivity contribution is 0.0945. The number of nitrogens with one attached hydrogen (secondary N) is 1. The molecule has 0 atom stereocenters. The van der Waals surface area contributed by atoms with E-state index < -0.39 is 0 Å². The average Bonchev–Trinajstić information content (AvgIpc) is 3.25. The van der Waals surface area contributed by atoms with Gasteiger partial charge < -0.3 is 14.6 Å². The number of carbonyl (C=O) groups excluding carboxylic acids is 1. The van der Waals surface area contributed by atoms with Gasteiger partial charge >= 0.3 is 0 Å². The molecule has 0 fully saturated rings. The van der Waals surface area contributed by atoms with Gasteiger partial charge in [0.1, 0.15) is 5.69 Å². The third-order valence-corrected chi connectivity index (χ3v) is 6.07. The van der Waals surface area contributed by atoms with Crippen molar-refractivity contribution in [2.45, 2.75) is 33.2 Å². The highest BCUT2D eigenvalue weighted by Gasteiger charge is 2.17. The molecule has 0 unspecified atom stereocenters. The number of amides is 1. The quantitative estimate of drug-likeness (QED) is 0.386. The van der Waals surface area contributed by atoms with Gasteiger partial charge in [-0.2, -0.15) is 5.10 Å². The monoisotopic (exact) mass is 491 g/mol. The van der Waals surface area contributed by atoms with Gasteiger partial charge in [0.25, 0.3) is 11.5 Å². The van der Waals surface area contributed by atoms with Crippen molar-refractivity contribution >= 4 is 17.5 Å². The normalized spacial score (nSPS) is 10.9. The molecule has 0 saturated carbocycles. The minimum Gasteiger partial charge on any atom is -0.378 e. The maximum absolute atomic E-state index is 12.9. The summed E-state index contributed by atoms with van der Waals surface area (Å²) in [5.41, 5.74) is 4.50. The van der Waals surface area contributed by atoms with E-state index >= 15 is 0 Å². The number of hydrogen-bond donors (Lipinski definition) is 1. The summed E-state index contributed by atoms with van der Waals surface area (Å²) in [6.45, 7) is 3.31. The van der Waals surface area contributed by atoms with Gasteiger partial charge in [0, 0.05) is 31.8 Å². The number of methoxy groups -OCH3 is 1. The minimum absolute atomic E-state index is 0.0370. The number of rotatable bonds is 9. The molecule has 35 heavy (non-hydrogen) atoms. The molecular weight excluding hydrogens is 466 g/mol.